The lowest BCUT2D eigenvalue weighted by atomic mass is 10.3. The summed E-state index contributed by atoms with van der Waals surface area (Å²) in [5, 5.41) is 2.82. The zero-order valence-electron chi connectivity index (χ0n) is 11.6. The number of nitrogens with one attached hydrogen (secondary N) is 1. The average Bonchev–Trinajstić information content (AvgIpc) is 2.80. The number of fused-ring (bicyclic) bond motifs is 1. The van der Waals surface area contributed by atoms with Gasteiger partial charge in [0.1, 0.15) is 11.6 Å². The SMILES string of the molecule is CCCNC(=O)CCn1c(CCl)nc2cc(Cl)c(F)cc21. The van der Waals surface area contributed by atoms with Crippen LogP contribution in [-0.2, 0) is 17.2 Å². The summed E-state index contributed by atoms with van der Waals surface area (Å²) in [6, 6.07) is 2.79. The summed E-state index contributed by atoms with van der Waals surface area (Å²) in [5.41, 5.74) is 1.17. The lowest BCUT2D eigenvalue weighted by Gasteiger charge is -2.08. The number of hydrogen-bond donors (Lipinski definition) is 1. The smallest absolute Gasteiger partial charge is 0.221 e. The second kappa shape index (κ2) is 7.09. The van der Waals surface area contributed by atoms with Crippen LogP contribution in [0.5, 0.6) is 0 Å². The molecule has 2 aromatic rings. The number of carbonyl (C=O) groups is 1. The Hall–Kier alpha value is -1.33. The van der Waals surface area contributed by atoms with E-state index < -0.39 is 5.82 Å². The number of carbonyl (C=O) groups excluding carboxylic acids is 1. The van der Waals surface area contributed by atoms with Gasteiger partial charge in [-0.15, -0.1) is 11.6 Å². The van der Waals surface area contributed by atoms with Crippen molar-refractivity contribution >= 4 is 40.1 Å². The minimum Gasteiger partial charge on any atom is -0.356 e. The number of alkyl halides is 1. The number of imidazole rings is 1. The maximum Gasteiger partial charge on any atom is 0.221 e. The van der Waals surface area contributed by atoms with Crippen LogP contribution in [0.1, 0.15) is 25.6 Å². The van der Waals surface area contributed by atoms with Crippen LogP contribution in [0.25, 0.3) is 11.0 Å². The summed E-state index contributed by atoms with van der Waals surface area (Å²) in [7, 11) is 0. The van der Waals surface area contributed by atoms with Crippen molar-refractivity contribution in [1.82, 2.24) is 14.9 Å². The van der Waals surface area contributed by atoms with Crippen molar-refractivity contribution in [2.45, 2.75) is 32.2 Å². The molecule has 1 N–H and O–H groups in total. The minimum absolute atomic E-state index is 0.0222. The van der Waals surface area contributed by atoms with Crippen LogP contribution < -0.4 is 5.32 Å². The monoisotopic (exact) mass is 331 g/mol. The zero-order chi connectivity index (χ0) is 15.4. The molecule has 0 fully saturated rings. The third-order valence-corrected chi connectivity index (χ3v) is 3.65. The third-order valence-electron chi connectivity index (χ3n) is 3.12. The van der Waals surface area contributed by atoms with Crippen LogP contribution in [0, 0.1) is 5.82 Å². The van der Waals surface area contributed by atoms with E-state index in [0.29, 0.717) is 36.4 Å². The Morgan fingerprint density at radius 1 is 1.48 bits per heavy atom. The minimum atomic E-state index is -0.512. The molecule has 0 unspecified atom stereocenters. The fourth-order valence-electron chi connectivity index (χ4n) is 2.09. The molecule has 0 aliphatic heterocycles. The van der Waals surface area contributed by atoms with Crippen LogP contribution in [0.3, 0.4) is 0 Å². The Bertz CT molecular complexity index is 657. The quantitative estimate of drug-likeness (QED) is 0.823. The van der Waals surface area contributed by atoms with E-state index in [4.69, 9.17) is 23.2 Å². The second-order valence-corrected chi connectivity index (χ2v) is 5.34. The van der Waals surface area contributed by atoms with E-state index in [1.807, 2.05) is 6.92 Å². The Labute approximate surface area is 132 Å². The molecule has 4 nitrogen and oxygen atoms in total. The van der Waals surface area contributed by atoms with Crippen LogP contribution >= 0.6 is 23.2 Å². The first kappa shape index (κ1) is 16.0. The second-order valence-electron chi connectivity index (χ2n) is 4.67. The predicted molar refractivity (Wildman–Crippen MR) is 82.2 cm³/mol. The maximum atomic E-state index is 13.6. The van der Waals surface area contributed by atoms with Gasteiger partial charge in [-0.25, -0.2) is 9.37 Å². The van der Waals surface area contributed by atoms with E-state index >= 15 is 0 Å². The molecule has 0 bridgehead atoms. The van der Waals surface area contributed by atoms with E-state index in [9.17, 15) is 9.18 Å². The van der Waals surface area contributed by atoms with Gasteiger partial charge in [0, 0.05) is 25.6 Å². The number of aromatic nitrogens is 2. The van der Waals surface area contributed by atoms with Gasteiger partial charge >= 0.3 is 0 Å². The summed E-state index contributed by atoms with van der Waals surface area (Å²) in [6.45, 7) is 3.03. The lowest BCUT2D eigenvalue weighted by Crippen LogP contribution is -2.25. The van der Waals surface area contributed by atoms with E-state index in [1.165, 1.54) is 12.1 Å². The molecule has 21 heavy (non-hydrogen) atoms. The molecular weight excluding hydrogens is 316 g/mol. The van der Waals surface area contributed by atoms with Crippen LogP contribution in [0.2, 0.25) is 5.02 Å². The largest absolute Gasteiger partial charge is 0.356 e. The van der Waals surface area contributed by atoms with Crippen LogP contribution in [-0.4, -0.2) is 22.0 Å². The molecule has 0 aliphatic rings. The number of halogens is 3. The maximum absolute atomic E-state index is 13.6. The van der Waals surface area contributed by atoms with Crippen molar-refractivity contribution in [3.8, 4) is 0 Å². The highest BCUT2D eigenvalue weighted by molar-refractivity contribution is 6.31. The molecule has 7 heteroatoms. The molecular formula is C14H16Cl2FN3O. The van der Waals surface area contributed by atoms with Gasteiger partial charge in [0.25, 0.3) is 0 Å². The highest BCUT2D eigenvalue weighted by atomic mass is 35.5. The number of amides is 1. The Kier molecular flexibility index (Phi) is 5.42. The molecule has 0 aliphatic carbocycles. The van der Waals surface area contributed by atoms with Gasteiger partial charge in [-0.3, -0.25) is 4.79 Å². The zero-order valence-corrected chi connectivity index (χ0v) is 13.1. The molecule has 2 rings (SSSR count). The topological polar surface area (TPSA) is 46.9 Å². The fourth-order valence-corrected chi connectivity index (χ4v) is 2.45. The van der Waals surface area contributed by atoms with Gasteiger partial charge in [-0.05, 0) is 12.5 Å². The van der Waals surface area contributed by atoms with Crippen molar-refractivity contribution in [2.75, 3.05) is 6.54 Å². The standard InChI is InChI=1S/C14H16Cl2FN3O/c1-2-4-18-14(21)3-5-20-12-7-10(17)9(16)6-11(12)19-13(20)8-15/h6-7H,2-5,8H2,1H3,(H,18,21). The van der Waals surface area contributed by atoms with Crippen molar-refractivity contribution in [2.24, 2.45) is 0 Å². The first-order valence-corrected chi connectivity index (χ1v) is 7.64. The lowest BCUT2D eigenvalue weighted by molar-refractivity contribution is -0.121. The Balaban J connectivity index is 2.25. The van der Waals surface area contributed by atoms with E-state index in [2.05, 4.69) is 10.3 Å². The van der Waals surface area contributed by atoms with Gasteiger partial charge in [-0.2, -0.15) is 0 Å². The third kappa shape index (κ3) is 3.66. The first-order chi connectivity index (χ1) is 10.1. The van der Waals surface area contributed by atoms with Gasteiger partial charge in [-0.1, -0.05) is 18.5 Å². The molecule has 0 spiro atoms. The molecule has 1 heterocycles. The molecule has 114 valence electrons. The van der Waals surface area contributed by atoms with E-state index in [1.54, 1.807) is 4.57 Å². The van der Waals surface area contributed by atoms with Crippen LogP contribution in [0.15, 0.2) is 12.1 Å². The van der Waals surface area contributed by atoms with Gasteiger partial charge in [0.2, 0.25) is 5.91 Å². The molecule has 0 atom stereocenters. The molecule has 1 amide bonds. The van der Waals surface area contributed by atoms with Gasteiger partial charge in [0.05, 0.1) is 21.9 Å². The Morgan fingerprint density at radius 2 is 2.24 bits per heavy atom. The van der Waals surface area contributed by atoms with E-state index in [-0.39, 0.29) is 16.8 Å². The summed E-state index contributed by atoms with van der Waals surface area (Å²) in [5.74, 6) is 0.219. The number of benzene rings is 1. The number of aryl methyl sites for hydroxylation is 1. The predicted octanol–water partition coefficient (Wildman–Crippen LogP) is 3.48. The summed E-state index contributed by atoms with van der Waals surface area (Å²) >= 11 is 11.6. The summed E-state index contributed by atoms with van der Waals surface area (Å²) in [4.78, 5) is 16.0. The molecule has 0 saturated heterocycles. The first-order valence-electron chi connectivity index (χ1n) is 6.73. The molecule has 1 aromatic heterocycles. The van der Waals surface area contributed by atoms with Crippen molar-refractivity contribution in [3.63, 3.8) is 0 Å². The number of hydrogen-bond acceptors (Lipinski definition) is 2. The Morgan fingerprint density at radius 3 is 2.90 bits per heavy atom. The average molecular weight is 332 g/mol. The van der Waals surface area contributed by atoms with Crippen molar-refractivity contribution in [1.29, 1.82) is 0 Å². The fraction of sp³-hybridized carbons (Fsp3) is 0.429. The molecule has 0 saturated carbocycles. The summed E-state index contributed by atoms with van der Waals surface area (Å²) in [6.07, 6.45) is 1.18. The molecule has 0 radical (unpaired) electrons. The van der Waals surface area contributed by atoms with Crippen molar-refractivity contribution < 1.29 is 9.18 Å². The highest BCUT2D eigenvalue weighted by Crippen LogP contribution is 2.24. The normalized spacial score (nSPS) is 11.0. The van der Waals surface area contributed by atoms with Gasteiger partial charge < -0.3 is 9.88 Å². The highest BCUT2D eigenvalue weighted by Gasteiger charge is 2.14. The van der Waals surface area contributed by atoms with E-state index in [0.717, 1.165) is 6.42 Å². The van der Waals surface area contributed by atoms with Crippen molar-refractivity contribution in [3.05, 3.63) is 28.8 Å². The number of nitrogens with zero attached hydrogens (tertiary/aromatic N) is 2. The summed E-state index contributed by atoms with van der Waals surface area (Å²) < 4.78 is 15.4. The van der Waals surface area contributed by atoms with Gasteiger partial charge in [0.15, 0.2) is 0 Å². The number of rotatable bonds is 6. The molecule has 1 aromatic carbocycles. The van der Waals surface area contributed by atoms with Crippen LogP contribution in [0.4, 0.5) is 4.39 Å².